The van der Waals surface area contributed by atoms with Crippen LogP contribution in [0, 0.1) is 17.8 Å². The van der Waals surface area contributed by atoms with Crippen molar-refractivity contribution in [1.29, 1.82) is 0 Å². The number of para-hydroxylation sites is 1. The predicted molar refractivity (Wildman–Crippen MR) is 73.2 cm³/mol. The van der Waals surface area contributed by atoms with Crippen molar-refractivity contribution >= 4 is 5.69 Å². The van der Waals surface area contributed by atoms with Crippen LogP contribution in [0.15, 0.2) is 36.4 Å². The molecule has 0 radical (unpaired) electrons. The molecule has 17 heavy (non-hydrogen) atoms. The standard InChI is InChI=1S/C16H21N/c1-2-13-5-3-4-6-16(13)17-11-15-10-12-7-8-14(15)9-12/h3-8,12,14-15,17H,2,9-11H2,1H3. The molecule has 0 saturated heterocycles. The van der Waals surface area contributed by atoms with Gasteiger partial charge in [0.15, 0.2) is 0 Å². The van der Waals surface area contributed by atoms with Crippen molar-refractivity contribution in [2.24, 2.45) is 17.8 Å². The van der Waals surface area contributed by atoms with Gasteiger partial charge >= 0.3 is 0 Å². The third kappa shape index (κ3) is 2.11. The molecule has 1 N–H and O–H groups in total. The highest BCUT2D eigenvalue weighted by molar-refractivity contribution is 5.51. The summed E-state index contributed by atoms with van der Waals surface area (Å²) in [6.45, 7) is 3.36. The highest BCUT2D eigenvalue weighted by Gasteiger charge is 2.35. The summed E-state index contributed by atoms with van der Waals surface area (Å²) in [7, 11) is 0. The molecule has 1 heteroatoms. The largest absolute Gasteiger partial charge is 0.385 e. The monoisotopic (exact) mass is 227 g/mol. The topological polar surface area (TPSA) is 12.0 Å². The quantitative estimate of drug-likeness (QED) is 0.770. The summed E-state index contributed by atoms with van der Waals surface area (Å²) < 4.78 is 0. The van der Waals surface area contributed by atoms with E-state index in [9.17, 15) is 0 Å². The van der Waals surface area contributed by atoms with Crippen molar-refractivity contribution in [1.82, 2.24) is 0 Å². The van der Waals surface area contributed by atoms with Crippen molar-refractivity contribution in [2.45, 2.75) is 26.2 Å². The van der Waals surface area contributed by atoms with Gasteiger partial charge in [-0.3, -0.25) is 0 Å². The van der Waals surface area contributed by atoms with Crippen LogP contribution in [-0.4, -0.2) is 6.54 Å². The lowest BCUT2D eigenvalue weighted by Gasteiger charge is -2.20. The van der Waals surface area contributed by atoms with Gasteiger partial charge in [-0.15, -0.1) is 0 Å². The number of anilines is 1. The van der Waals surface area contributed by atoms with Crippen LogP contribution in [-0.2, 0) is 6.42 Å². The van der Waals surface area contributed by atoms with Gasteiger partial charge in [-0.25, -0.2) is 0 Å². The van der Waals surface area contributed by atoms with Gasteiger partial charge in [0.2, 0.25) is 0 Å². The number of hydrogen-bond acceptors (Lipinski definition) is 1. The van der Waals surface area contributed by atoms with Crippen LogP contribution < -0.4 is 5.32 Å². The number of benzene rings is 1. The fourth-order valence-corrected chi connectivity index (χ4v) is 3.37. The van der Waals surface area contributed by atoms with E-state index in [2.05, 4.69) is 48.7 Å². The first-order valence-electron chi connectivity index (χ1n) is 6.87. The van der Waals surface area contributed by atoms with E-state index in [1.54, 1.807) is 0 Å². The first kappa shape index (κ1) is 10.9. The molecule has 0 heterocycles. The molecule has 1 fully saturated rings. The Balaban J connectivity index is 1.62. The zero-order chi connectivity index (χ0) is 11.7. The Kier molecular flexibility index (Phi) is 2.92. The second-order valence-corrected chi connectivity index (χ2v) is 5.43. The van der Waals surface area contributed by atoms with E-state index in [1.807, 2.05) is 0 Å². The Labute approximate surface area is 104 Å². The Morgan fingerprint density at radius 3 is 2.76 bits per heavy atom. The molecule has 3 atom stereocenters. The molecule has 1 aromatic rings. The molecule has 90 valence electrons. The van der Waals surface area contributed by atoms with Gasteiger partial charge in [-0.05, 0) is 48.6 Å². The van der Waals surface area contributed by atoms with Gasteiger partial charge in [0, 0.05) is 12.2 Å². The Morgan fingerprint density at radius 1 is 1.18 bits per heavy atom. The minimum atomic E-state index is 0.848. The smallest absolute Gasteiger partial charge is 0.0372 e. The highest BCUT2D eigenvalue weighted by Crippen LogP contribution is 2.43. The fourth-order valence-electron chi connectivity index (χ4n) is 3.37. The lowest BCUT2D eigenvalue weighted by atomic mass is 9.93. The van der Waals surface area contributed by atoms with Crippen molar-refractivity contribution < 1.29 is 0 Å². The van der Waals surface area contributed by atoms with E-state index >= 15 is 0 Å². The van der Waals surface area contributed by atoms with Crippen LogP contribution in [0.3, 0.4) is 0 Å². The summed E-state index contributed by atoms with van der Waals surface area (Å²) in [5.74, 6) is 2.59. The maximum absolute atomic E-state index is 3.66. The summed E-state index contributed by atoms with van der Waals surface area (Å²) in [4.78, 5) is 0. The number of nitrogens with one attached hydrogen (secondary N) is 1. The number of hydrogen-bond donors (Lipinski definition) is 1. The maximum atomic E-state index is 3.66. The molecule has 2 aliphatic rings. The molecular formula is C16H21N. The summed E-state index contributed by atoms with van der Waals surface area (Å²) in [6.07, 6.45) is 8.76. The maximum Gasteiger partial charge on any atom is 0.0372 e. The molecule has 1 nitrogen and oxygen atoms in total. The lowest BCUT2D eigenvalue weighted by Crippen LogP contribution is -2.18. The van der Waals surface area contributed by atoms with Gasteiger partial charge in [0.05, 0.1) is 0 Å². The second-order valence-electron chi connectivity index (χ2n) is 5.43. The van der Waals surface area contributed by atoms with Crippen molar-refractivity contribution in [3.8, 4) is 0 Å². The summed E-state index contributed by atoms with van der Waals surface area (Å²) in [6, 6.07) is 8.69. The van der Waals surface area contributed by atoms with Crippen LogP contribution in [0.1, 0.15) is 25.3 Å². The van der Waals surface area contributed by atoms with E-state index in [4.69, 9.17) is 0 Å². The molecule has 0 aromatic heterocycles. The molecule has 3 unspecified atom stereocenters. The van der Waals surface area contributed by atoms with Crippen LogP contribution in [0.2, 0.25) is 0 Å². The minimum absolute atomic E-state index is 0.848. The molecule has 2 aliphatic carbocycles. The minimum Gasteiger partial charge on any atom is -0.385 e. The van der Waals surface area contributed by atoms with E-state index in [-0.39, 0.29) is 0 Å². The molecule has 1 aromatic carbocycles. The van der Waals surface area contributed by atoms with E-state index in [0.717, 1.165) is 30.7 Å². The van der Waals surface area contributed by atoms with Crippen LogP contribution in [0.5, 0.6) is 0 Å². The normalized spacial score (nSPS) is 29.8. The number of rotatable bonds is 4. The predicted octanol–water partition coefficient (Wildman–Crippen LogP) is 3.87. The number of allylic oxidation sites excluding steroid dienone is 2. The third-order valence-corrected chi connectivity index (χ3v) is 4.37. The average molecular weight is 227 g/mol. The number of aryl methyl sites for hydroxylation is 1. The van der Waals surface area contributed by atoms with Crippen molar-refractivity contribution in [2.75, 3.05) is 11.9 Å². The average Bonchev–Trinajstić information content (AvgIpc) is 2.98. The van der Waals surface area contributed by atoms with Gasteiger partial charge in [-0.2, -0.15) is 0 Å². The third-order valence-electron chi connectivity index (χ3n) is 4.37. The van der Waals surface area contributed by atoms with Crippen molar-refractivity contribution in [3.63, 3.8) is 0 Å². The van der Waals surface area contributed by atoms with Gasteiger partial charge in [-0.1, -0.05) is 37.3 Å². The van der Waals surface area contributed by atoms with E-state index in [1.165, 1.54) is 24.1 Å². The van der Waals surface area contributed by atoms with Crippen LogP contribution >= 0.6 is 0 Å². The molecular weight excluding hydrogens is 206 g/mol. The second kappa shape index (κ2) is 4.56. The highest BCUT2D eigenvalue weighted by atomic mass is 14.9. The molecule has 0 spiro atoms. The molecule has 0 amide bonds. The lowest BCUT2D eigenvalue weighted by molar-refractivity contribution is 0.472. The fraction of sp³-hybridized carbons (Fsp3) is 0.500. The van der Waals surface area contributed by atoms with Crippen LogP contribution in [0.25, 0.3) is 0 Å². The molecule has 1 saturated carbocycles. The number of fused-ring (bicyclic) bond motifs is 2. The Morgan fingerprint density at radius 2 is 2.06 bits per heavy atom. The SMILES string of the molecule is CCc1ccccc1NCC1CC2C=CC1C2. The van der Waals surface area contributed by atoms with Crippen LogP contribution in [0.4, 0.5) is 5.69 Å². The summed E-state index contributed by atoms with van der Waals surface area (Å²) >= 11 is 0. The zero-order valence-corrected chi connectivity index (χ0v) is 10.5. The van der Waals surface area contributed by atoms with Crippen molar-refractivity contribution in [3.05, 3.63) is 42.0 Å². The first-order valence-corrected chi connectivity index (χ1v) is 6.87. The Bertz CT molecular complexity index is 421. The zero-order valence-electron chi connectivity index (χ0n) is 10.5. The molecule has 2 bridgehead atoms. The summed E-state index contributed by atoms with van der Waals surface area (Å²) in [5, 5.41) is 3.66. The van der Waals surface area contributed by atoms with Gasteiger partial charge in [0.25, 0.3) is 0 Å². The summed E-state index contributed by atoms with van der Waals surface area (Å²) in [5.41, 5.74) is 2.77. The Hall–Kier alpha value is -1.24. The first-order chi connectivity index (χ1) is 8.36. The molecule has 0 aliphatic heterocycles. The molecule has 3 rings (SSSR count). The van der Waals surface area contributed by atoms with E-state index in [0.29, 0.717) is 0 Å². The van der Waals surface area contributed by atoms with E-state index < -0.39 is 0 Å². The van der Waals surface area contributed by atoms with Gasteiger partial charge < -0.3 is 5.32 Å². The van der Waals surface area contributed by atoms with Gasteiger partial charge in [0.1, 0.15) is 0 Å².